The first-order valence-corrected chi connectivity index (χ1v) is 24.1. The molecule has 0 aliphatic heterocycles. The second kappa shape index (κ2) is 47.3. The summed E-state index contributed by atoms with van der Waals surface area (Å²) < 4.78 is 16.6. The Morgan fingerprint density at radius 2 is 0.712 bits per heavy atom. The summed E-state index contributed by atoms with van der Waals surface area (Å²) >= 11 is 0. The SMILES string of the molecule is CC/C=C\C/C=C\C/C=C\C/C=C\CCC(=O)OC(COC(=O)CCCCCCC/C=C\CCCC)COC(=O)CCCCCCCCC/C=C\C/C=C\CCCCC. The van der Waals surface area contributed by atoms with Crippen LogP contribution in [-0.2, 0) is 28.6 Å². The van der Waals surface area contributed by atoms with Gasteiger partial charge in [0.05, 0.1) is 0 Å². The molecule has 0 aromatic carbocycles. The van der Waals surface area contributed by atoms with Crippen LogP contribution in [-0.4, -0.2) is 37.2 Å². The molecule has 6 heteroatoms. The molecular weight excluding hydrogens is 733 g/mol. The molecule has 336 valence electrons. The van der Waals surface area contributed by atoms with Gasteiger partial charge in [-0.25, -0.2) is 0 Å². The van der Waals surface area contributed by atoms with E-state index in [1.807, 2.05) is 12.2 Å². The molecule has 0 saturated carbocycles. The highest BCUT2D eigenvalue weighted by Crippen LogP contribution is 2.13. The number of ether oxygens (including phenoxy) is 3. The highest BCUT2D eigenvalue weighted by Gasteiger charge is 2.19. The second-order valence-corrected chi connectivity index (χ2v) is 15.6. The van der Waals surface area contributed by atoms with Gasteiger partial charge in [0, 0.05) is 19.3 Å². The molecule has 0 radical (unpaired) electrons. The lowest BCUT2D eigenvalue weighted by Crippen LogP contribution is -2.30. The summed E-state index contributed by atoms with van der Waals surface area (Å²) in [5.74, 6) is -1.02. The predicted molar refractivity (Wildman–Crippen MR) is 251 cm³/mol. The van der Waals surface area contributed by atoms with E-state index in [4.69, 9.17) is 14.2 Å². The molecule has 0 aliphatic rings. The van der Waals surface area contributed by atoms with Gasteiger partial charge in [-0.05, 0) is 96.3 Å². The van der Waals surface area contributed by atoms with Gasteiger partial charge < -0.3 is 14.2 Å². The van der Waals surface area contributed by atoms with Crippen LogP contribution < -0.4 is 0 Å². The maximum atomic E-state index is 12.7. The molecule has 0 heterocycles. The lowest BCUT2D eigenvalue weighted by Gasteiger charge is -2.18. The molecule has 0 fully saturated rings. The third kappa shape index (κ3) is 45.5. The minimum absolute atomic E-state index is 0.113. The highest BCUT2D eigenvalue weighted by atomic mass is 16.6. The zero-order chi connectivity index (χ0) is 43.0. The topological polar surface area (TPSA) is 78.9 Å². The third-order valence-electron chi connectivity index (χ3n) is 9.87. The van der Waals surface area contributed by atoms with Crippen molar-refractivity contribution in [1.82, 2.24) is 0 Å². The molecule has 6 nitrogen and oxygen atoms in total. The number of carbonyl (C=O) groups is 3. The molecule has 0 N–H and O–H groups in total. The number of carbonyl (C=O) groups excluding carboxylic acids is 3. The summed E-state index contributed by atoms with van der Waals surface area (Å²) in [6.07, 6.45) is 60.1. The minimum atomic E-state index is -0.819. The largest absolute Gasteiger partial charge is 0.462 e. The van der Waals surface area contributed by atoms with E-state index in [-0.39, 0.29) is 31.6 Å². The van der Waals surface area contributed by atoms with Crippen molar-refractivity contribution >= 4 is 17.9 Å². The van der Waals surface area contributed by atoms with Crippen molar-refractivity contribution in [3.63, 3.8) is 0 Å². The molecule has 0 aliphatic carbocycles. The van der Waals surface area contributed by atoms with E-state index in [1.54, 1.807) is 0 Å². The summed E-state index contributed by atoms with van der Waals surface area (Å²) in [5, 5.41) is 0. The van der Waals surface area contributed by atoms with Crippen molar-refractivity contribution in [3.8, 4) is 0 Å². The Kier molecular flexibility index (Phi) is 44.5. The number of hydrogen-bond donors (Lipinski definition) is 0. The number of rotatable bonds is 42. The Hall–Kier alpha value is -3.41. The molecule has 0 amide bonds. The summed E-state index contributed by atoms with van der Waals surface area (Å²) in [5.41, 5.74) is 0. The molecule has 0 bridgehead atoms. The van der Waals surface area contributed by atoms with Crippen LogP contribution in [0.3, 0.4) is 0 Å². The van der Waals surface area contributed by atoms with Crippen LogP contribution in [0.5, 0.6) is 0 Å². The van der Waals surface area contributed by atoms with Crippen LogP contribution in [0.15, 0.2) is 85.1 Å². The summed E-state index contributed by atoms with van der Waals surface area (Å²) in [6, 6.07) is 0. The van der Waals surface area contributed by atoms with Gasteiger partial charge in [-0.1, -0.05) is 183 Å². The van der Waals surface area contributed by atoms with Gasteiger partial charge in [-0.3, -0.25) is 14.4 Å². The molecule has 0 rings (SSSR count). The average Bonchev–Trinajstić information content (AvgIpc) is 3.23. The molecule has 0 aromatic heterocycles. The van der Waals surface area contributed by atoms with E-state index in [9.17, 15) is 14.4 Å². The van der Waals surface area contributed by atoms with Crippen LogP contribution >= 0.6 is 0 Å². The van der Waals surface area contributed by atoms with Crippen LogP contribution in [0.2, 0.25) is 0 Å². The van der Waals surface area contributed by atoms with E-state index in [0.29, 0.717) is 19.3 Å². The third-order valence-corrected chi connectivity index (χ3v) is 9.87. The minimum Gasteiger partial charge on any atom is -0.462 e. The van der Waals surface area contributed by atoms with Gasteiger partial charge in [-0.2, -0.15) is 0 Å². The van der Waals surface area contributed by atoms with Gasteiger partial charge in [0.2, 0.25) is 0 Å². The Balaban J connectivity index is 4.47. The Morgan fingerprint density at radius 3 is 1.17 bits per heavy atom. The fourth-order valence-electron chi connectivity index (χ4n) is 6.23. The van der Waals surface area contributed by atoms with Crippen molar-refractivity contribution in [1.29, 1.82) is 0 Å². The molecule has 0 spiro atoms. The summed E-state index contributed by atoms with van der Waals surface area (Å²) in [7, 11) is 0. The van der Waals surface area contributed by atoms with Gasteiger partial charge in [0.15, 0.2) is 6.10 Å². The van der Waals surface area contributed by atoms with Crippen molar-refractivity contribution in [2.75, 3.05) is 13.2 Å². The molecule has 59 heavy (non-hydrogen) atoms. The first-order chi connectivity index (χ1) is 29.0. The lowest BCUT2D eigenvalue weighted by molar-refractivity contribution is -0.166. The van der Waals surface area contributed by atoms with Crippen LogP contribution in [0, 0.1) is 0 Å². The van der Waals surface area contributed by atoms with E-state index in [1.165, 1.54) is 77.0 Å². The summed E-state index contributed by atoms with van der Waals surface area (Å²) in [6.45, 7) is 6.36. The van der Waals surface area contributed by atoms with Gasteiger partial charge in [-0.15, -0.1) is 0 Å². The fraction of sp³-hybridized carbons (Fsp3) is 0.679. The number of esters is 3. The molecule has 0 saturated heterocycles. The maximum absolute atomic E-state index is 12.7. The maximum Gasteiger partial charge on any atom is 0.306 e. The molecular formula is C53H88O6. The number of unbranched alkanes of at least 4 members (excludes halogenated alkanes) is 17. The quantitative estimate of drug-likeness (QED) is 0.0264. The predicted octanol–water partition coefficient (Wildman–Crippen LogP) is 15.6. The van der Waals surface area contributed by atoms with E-state index >= 15 is 0 Å². The summed E-state index contributed by atoms with van der Waals surface area (Å²) in [4.78, 5) is 37.8. The van der Waals surface area contributed by atoms with Gasteiger partial charge >= 0.3 is 17.9 Å². The van der Waals surface area contributed by atoms with E-state index in [2.05, 4.69) is 93.7 Å². The first kappa shape index (κ1) is 55.6. The fourth-order valence-corrected chi connectivity index (χ4v) is 6.23. The normalized spacial score (nSPS) is 12.8. The molecule has 0 aromatic rings. The average molecular weight is 821 g/mol. The zero-order valence-electron chi connectivity index (χ0n) is 38.2. The van der Waals surface area contributed by atoms with Gasteiger partial charge in [0.25, 0.3) is 0 Å². The number of hydrogen-bond acceptors (Lipinski definition) is 6. The standard InChI is InChI=1S/C53H88O6/c1-4-7-10-13-16-19-22-24-25-26-27-29-31-34-37-40-43-46-52(55)58-49-50(48-57-51(54)45-42-39-36-33-30-21-18-15-12-9-6-3)59-53(56)47-44-41-38-35-32-28-23-20-17-14-11-8-5-2/h8,11,15-20,24-25,28,32,38,41,50H,4-7,9-10,12-14,21-23,26-27,29-31,33-37,39-40,42-49H2,1-3H3/b11-8-,18-15-,19-16-,20-17-,25-24-,32-28-,41-38-. The van der Waals surface area contributed by atoms with Crippen LogP contribution in [0.1, 0.15) is 213 Å². The second-order valence-electron chi connectivity index (χ2n) is 15.6. The van der Waals surface area contributed by atoms with Crippen molar-refractivity contribution < 1.29 is 28.6 Å². The zero-order valence-corrected chi connectivity index (χ0v) is 38.2. The highest BCUT2D eigenvalue weighted by molar-refractivity contribution is 5.71. The van der Waals surface area contributed by atoms with Crippen LogP contribution in [0.25, 0.3) is 0 Å². The molecule has 1 unspecified atom stereocenters. The monoisotopic (exact) mass is 821 g/mol. The Morgan fingerprint density at radius 1 is 0.356 bits per heavy atom. The molecule has 1 atom stereocenters. The Labute approximate surface area is 363 Å². The smallest absolute Gasteiger partial charge is 0.306 e. The van der Waals surface area contributed by atoms with Gasteiger partial charge in [0.1, 0.15) is 13.2 Å². The lowest BCUT2D eigenvalue weighted by atomic mass is 10.1. The van der Waals surface area contributed by atoms with E-state index < -0.39 is 12.1 Å². The first-order valence-electron chi connectivity index (χ1n) is 24.1. The number of allylic oxidation sites excluding steroid dienone is 14. The van der Waals surface area contributed by atoms with Crippen molar-refractivity contribution in [2.45, 2.75) is 219 Å². The van der Waals surface area contributed by atoms with Crippen molar-refractivity contribution in [3.05, 3.63) is 85.1 Å². The Bertz CT molecular complexity index is 1170. The van der Waals surface area contributed by atoms with Crippen molar-refractivity contribution in [2.24, 2.45) is 0 Å². The van der Waals surface area contributed by atoms with Crippen LogP contribution in [0.4, 0.5) is 0 Å². The van der Waals surface area contributed by atoms with E-state index in [0.717, 1.165) is 89.9 Å².